The average Bonchev–Trinajstić information content (AvgIpc) is 1.99. The second-order valence-electron chi connectivity index (χ2n) is 2.48. The summed E-state index contributed by atoms with van der Waals surface area (Å²) in [4.78, 5) is 0. The van der Waals surface area contributed by atoms with Gasteiger partial charge in [0.25, 0.3) is 0 Å². The van der Waals surface area contributed by atoms with Crippen LogP contribution in [0.2, 0.25) is 0 Å². The molecule has 0 amide bonds. The minimum Gasteiger partial charge on any atom is -0.388 e. The summed E-state index contributed by atoms with van der Waals surface area (Å²) >= 11 is 0. The Balaban J connectivity index is 2.55. The van der Waals surface area contributed by atoms with Gasteiger partial charge in [0.1, 0.15) is 18.3 Å². The molecule has 0 aromatic carbocycles. The molecular weight excluding hydrogens is 152 g/mol. The third-order valence-corrected chi connectivity index (χ3v) is 1.72. The third kappa shape index (κ3) is 1.69. The van der Waals surface area contributed by atoms with E-state index in [-0.39, 0.29) is 6.61 Å². The molecule has 1 saturated heterocycles. The third-order valence-electron chi connectivity index (χ3n) is 1.72. The van der Waals surface area contributed by atoms with E-state index in [0.29, 0.717) is 0 Å². The van der Waals surface area contributed by atoms with Gasteiger partial charge < -0.3 is 24.8 Å². The standard InChI is InChI=1S/C6H12O5/c1-10-5-4(8)3(7)2-11-6(5)9/h3-9H,2H2,1H3/t3-,4-,5-,6?/m1/s1. The van der Waals surface area contributed by atoms with Crippen molar-refractivity contribution in [2.45, 2.75) is 24.6 Å². The van der Waals surface area contributed by atoms with Gasteiger partial charge >= 0.3 is 0 Å². The normalized spacial score (nSPS) is 45.8. The maximum Gasteiger partial charge on any atom is 0.183 e. The molecule has 1 fully saturated rings. The van der Waals surface area contributed by atoms with E-state index in [0.717, 1.165) is 0 Å². The molecule has 4 atom stereocenters. The highest BCUT2D eigenvalue weighted by molar-refractivity contribution is 4.82. The van der Waals surface area contributed by atoms with E-state index in [9.17, 15) is 5.11 Å². The lowest BCUT2D eigenvalue weighted by Crippen LogP contribution is -2.53. The van der Waals surface area contributed by atoms with Gasteiger partial charge in [-0.15, -0.1) is 0 Å². The smallest absolute Gasteiger partial charge is 0.183 e. The summed E-state index contributed by atoms with van der Waals surface area (Å²) in [6.45, 7) is -0.0673. The summed E-state index contributed by atoms with van der Waals surface area (Å²) in [6.07, 6.45) is -4.08. The fourth-order valence-corrected chi connectivity index (χ4v) is 1.03. The zero-order chi connectivity index (χ0) is 8.43. The molecule has 5 heteroatoms. The molecule has 1 rings (SSSR count). The van der Waals surface area contributed by atoms with Crippen molar-refractivity contribution in [3.63, 3.8) is 0 Å². The Morgan fingerprint density at radius 2 is 2.00 bits per heavy atom. The summed E-state index contributed by atoms with van der Waals surface area (Å²) in [5.74, 6) is 0. The average molecular weight is 164 g/mol. The molecule has 0 saturated carbocycles. The van der Waals surface area contributed by atoms with Crippen LogP contribution in [0.1, 0.15) is 0 Å². The molecule has 0 radical (unpaired) electrons. The van der Waals surface area contributed by atoms with Crippen molar-refractivity contribution in [2.24, 2.45) is 0 Å². The number of hydrogen-bond donors (Lipinski definition) is 3. The fraction of sp³-hybridized carbons (Fsp3) is 1.00. The number of ether oxygens (including phenoxy) is 2. The summed E-state index contributed by atoms with van der Waals surface area (Å²) in [7, 11) is 1.33. The van der Waals surface area contributed by atoms with Crippen molar-refractivity contribution in [2.75, 3.05) is 13.7 Å². The molecule has 1 aliphatic rings. The van der Waals surface area contributed by atoms with Crippen LogP contribution in [-0.4, -0.2) is 53.6 Å². The van der Waals surface area contributed by atoms with Crippen LogP contribution in [0.4, 0.5) is 0 Å². The lowest BCUT2D eigenvalue weighted by molar-refractivity contribution is -0.258. The Kier molecular flexibility index (Phi) is 2.80. The number of hydrogen-bond acceptors (Lipinski definition) is 5. The summed E-state index contributed by atoms with van der Waals surface area (Å²) in [5.41, 5.74) is 0. The van der Waals surface area contributed by atoms with Crippen molar-refractivity contribution in [3.05, 3.63) is 0 Å². The molecule has 0 aliphatic carbocycles. The van der Waals surface area contributed by atoms with E-state index in [1.165, 1.54) is 7.11 Å². The van der Waals surface area contributed by atoms with Gasteiger partial charge in [-0.2, -0.15) is 0 Å². The second-order valence-corrected chi connectivity index (χ2v) is 2.48. The van der Waals surface area contributed by atoms with Crippen molar-refractivity contribution in [1.82, 2.24) is 0 Å². The van der Waals surface area contributed by atoms with Crippen LogP contribution in [-0.2, 0) is 9.47 Å². The van der Waals surface area contributed by atoms with E-state index in [1.54, 1.807) is 0 Å². The van der Waals surface area contributed by atoms with E-state index < -0.39 is 24.6 Å². The molecule has 0 aromatic rings. The molecule has 11 heavy (non-hydrogen) atoms. The van der Waals surface area contributed by atoms with Crippen LogP contribution < -0.4 is 0 Å². The Morgan fingerprint density at radius 1 is 1.36 bits per heavy atom. The number of methoxy groups -OCH3 is 1. The van der Waals surface area contributed by atoms with Gasteiger partial charge in [-0.3, -0.25) is 0 Å². The van der Waals surface area contributed by atoms with Gasteiger partial charge in [0.15, 0.2) is 6.29 Å². The Labute approximate surface area is 64.2 Å². The van der Waals surface area contributed by atoms with Crippen LogP contribution in [0, 0.1) is 0 Å². The van der Waals surface area contributed by atoms with Crippen molar-refractivity contribution in [1.29, 1.82) is 0 Å². The van der Waals surface area contributed by atoms with Crippen molar-refractivity contribution in [3.8, 4) is 0 Å². The zero-order valence-electron chi connectivity index (χ0n) is 6.17. The van der Waals surface area contributed by atoms with E-state index in [4.69, 9.17) is 14.9 Å². The van der Waals surface area contributed by atoms with Crippen LogP contribution >= 0.6 is 0 Å². The summed E-state index contributed by atoms with van der Waals surface area (Å²) in [5, 5.41) is 27.3. The first-order valence-electron chi connectivity index (χ1n) is 3.35. The predicted molar refractivity (Wildman–Crippen MR) is 34.8 cm³/mol. The van der Waals surface area contributed by atoms with Gasteiger partial charge in [0.05, 0.1) is 6.61 Å². The minimum atomic E-state index is -1.15. The fourth-order valence-electron chi connectivity index (χ4n) is 1.03. The number of aliphatic hydroxyl groups is 3. The monoisotopic (exact) mass is 164 g/mol. The predicted octanol–water partition coefficient (Wildman–Crippen LogP) is -1.93. The topological polar surface area (TPSA) is 79.2 Å². The van der Waals surface area contributed by atoms with Crippen LogP contribution in [0.25, 0.3) is 0 Å². The molecular formula is C6H12O5. The number of aliphatic hydroxyl groups excluding tert-OH is 3. The highest BCUT2D eigenvalue weighted by atomic mass is 16.6. The van der Waals surface area contributed by atoms with Crippen LogP contribution in [0.3, 0.4) is 0 Å². The first kappa shape index (κ1) is 8.89. The Morgan fingerprint density at radius 3 is 2.45 bits per heavy atom. The second kappa shape index (κ2) is 3.46. The largest absolute Gasteiger partial charge is 0.388 e. The minimum absolute atomic E-state index is 0.0673. The van der Waals surface area contributed by atoms with Gasteiger partial charge in [0, 0.05) is 7.11 Å². The number of rotatable bonds is 1. The lowest BCUT2D eigenvalue weighted by atomic mass is 10.1. The van der Waals surface area contributed by atoms with E-state index in [2.05, 4.69) is 4.74 Å². The van der Waals surface area contributed by atoms with Crippen molar-refractivity contribution >= 4 is 0 Å². The molecule has 1 aliphatic heterocycles. The summed E-state index contributed by atoms with van der Waals surface area (Å²) < 4.78 is 9.39. The molecule has 1 unspecified atom stereocenters. The maximum absolute atomic E-state index is 9.19. The maximum atomic E-state index is 9.19. The lowest BCUT2D eigenvalue weighted by Gasteiger charge is -2.34. The molecule has 5 nitrogen and oxygen atoms in total. The first-order chi connectivity index (χ1) is 5.16. The highest BCUT2D eigenvalue weighted by Gasteiger charge is 2.37. The summed E-state index contributed by atoms with van der Waals surface area (Å²) in [6, 6.07) is 0. The highest BCUT2D eigenvalue weighted by Crippen LogP contribution is 2.15. The van der Waals surface area contributed by atoms with Crippen LogP contribution in [0.15, 0.2) is 0 Å². The van der Waals surface area contributed by atoms with E-state index >= 15 is 0 Å². The first-order valence-corrected chi connectivity index (χ1v) is 3.35. The molecule has 3 N–H and O–H groups in total. The quantitative estimate of drug-likeness (QED) is 0.420. The van der Waals surface area contributed by atoms with Gasteiger partial charge in [0.2, 0.25) is 0 Å². The van der Waals surface area contributed by atoms with Crippen LogP contribution in [0.5, 0.6) is 0 Å². The van der Waals surface area contributed by atoms with Crippen molar-refractivity contribution < 1.29 is 24.8 Å². The Hall–Kier alpha value is -0.200. The van der Waals surface area contributed by atoms with E-state index in [1.807, 2.05) is 0 Å². The van der Waals surface area contributed by atoms with Gasteiger partial charge in [-0.1, -0.05) is 0 Å². The molecule has 1 heterocycles. The van der Waals surface area contributed by atoms with Gasteiger partial charge in [-0.05, 0) is 0 Å². The molecule has 0 spiro atoms. The molecule has 0 bridgehead atoms. The Bertz CT molecular complexity index is 128. The molecule has 66 valence electrons. The van der Waals surface area contributed by atoms with Gasteiger partial charge in [-0.25, -0.2) is 0 Å². The molecule has 0 aromatic heterocycles. The zero-order valence-corrected chi connectivity index (χ0v) is 6.17. The SMILES string of the molecule is CO[C@H]1C(O)OC[C@@H](O)[C@H]1O.